The topological polar surface area (TPSA) is 71.3 Å². The van der Waals surface area contributed by atoms with Crippen LogP contribution in [-0.2, 0) is 0 Å². The van der Waals surface area contributed by atoms with Crippen molar-refractivity contribution >= 4 is 17.5 Å². The fourth-order valence-electron chi connectivity index (χ4n) is 1.78. The number of hydrogen-bond donors (Lipinski definition) is 2. The van der Waals surface area contributed by atoms with Crippen molar-refractivity contribution in [2.24, 2.45) is 0 Å². The molecule has 0 aliphatic heterocycles. The lowest BCUT2D eigenvalue weighted by Crippen LogP contribution is -2.32. The van der Waals surface area contributed by atoms with E-state index in [1.54, 1.807) is 30.3 Å². The number of para-hydroxylation sites is 1. The van der Waals surface area contributed by atoms with Crippen LogP contribution in [0, 0.1) is 0 Å². The first kappa shape index (κ1) is 14.8. The molecule has 0 saturated carbocycles. The van der Waals surface area contributed by atoms with Crippen molar-refractivity contribution < 1.29 is 14.0 Å². The van der Waals surface area contributed by atoms with E-state index >= 15 is 0 Å². The van der Waals surface area contributed by atoms with Gasteiger partial charge in [0.05, 0.1) is 23.1 Å². The molecule has 5 heteroatoms. The second kappa shape index (κ2) is 6.74. The summed E-state index contributed by atoms with van der Waals surface area (Å²) in [5, 5.41) is 5.61. The zero-order chi connectivity index (χ0) is 15.2. The van der Waals surface area contributed by atoms with Crippen molar-refractivity contribution in [3.8, 4) is 0 Å². The molecule has 0 fully saturated rings. The van der Waals surface area contributed by atoms with Crippen LogP contribution in [0.3, 0.4) is 0 Å². The molecule has 0 aliphatic carbocycles. The highest BCUT2D eigenvalue weighted by Crippen LogP contribution is 2.16. The van der Waals surface area contributed by atoms with E-state index < -0.39 is 0 Å². The van der Waals surface area contributed by atoms with Gasteiger partial charge < -0.3 is 15.1 Å². The summed E-state index contributed by atoms with van der Waals surface area (Å²) < 4.78 is 4.88. The maximum absolute atomic E-state index is 12.2. The fourth-order valence-corrected chi connectivity index (χ4v) is 1.78. The monoisotopic (exact) mass is 286 g/mol. The number of rotatable bonds is 5. The first-order valence-corrected chi connectivity index (χ1v) is 6.85. The van der Waals surface area contributed by atoms with Crippen LogP contribution in [0.4, 0.5) is 5.69 Å². The minimum absolute atomic E-state index is 0.0788. The zero-order valence-electron chi connectivity index (χ0n) is 12.1. The lowest BCUT2D eigenvalue weighted by Gasteiger charge is -2.14. The van der Waals surface area contributed by atoms with E-state index in [9.17, 15) is 9.59 Å². The van der Waals surface area contributed by atoms with E-state index in [1.807, 2.05) is 13.8 Å². The van der Waals surface area contributed by atoms with Crippen molar-refractivity contribution in [1.29, 1.82) is 0 Å². The Morgan fingerprint density at radius 3 is 2.62 bits per heavy atom. The van der Waals surface area contributed by atoms with E-state index in [0.717, 1.165) is 6.42 Å². The standard InChI is InChI=1S/C16H18N2O3/c1-3-11(2)17-16(20)13-6-4-5-7-14(13)18-15(19)12-8-9-21-10-12/h4-11H,3H2,1-2H3,(H,17,20)(H,18,19). The zero-order valence-corrected chi connectivity index (χ0v) is 12.1. The molecular formula is C16H18N2O3. The Kier molecular flexibility index (Phi) is 4.77. The third kappa shape index (κ3) is 3.72. The lowest BCUT2D eigenvalue weighted by atomic mass is 10.1. The van der Waals surface area contributed by atoms with Gasteiger partial charge in [0.15, 0.2) is 0 Å². The molecule has 21 heavy (non-hydrogen) atoms. The minimum atomic E-state index is -0.312. The van der Waals surface area contributed by atoms with E-state index in [2.05, 4.69) is 10.6 Å². The molecule has 1 atom stereocenters. The Morgan fingerprint density at radius 2 is 1.95 bits per heavy atom. The number of furan rings is 1. The first-order chi connectivity index (χ1) is 10.1. The summed E-state index contributed by atoms with van der Waals surface area (Å²) in [4.78, 5) is 24.2. The maximum Gasteiger partial charge on any atom is 0.258 e. The number of nitrogens with one attached hydrogen (secondary N) is 2. The van der Waals surface area contributed by atoms with Gasteiger partial charge in [-0.1, -0.05) is 19.1 Å². The Balaban J connectivity index is 2.17. The summed E-state index contributed by atoms with van der Waals surface area (Å²) in [5.74, 6) is -0.514. The maximum atomic E-state index is 12.2. The van der Waals surface area contributed by atoms with Crippen LogP contribution in [0.25, 0.3) is 0 Å². The quantitative estimate of drug-likeness (QED) is 0.887. The highest BCUT2D eigenvalue weighted by atomic mass is 16.3. The fraction of sp³-hybridized carbons (Fsp3) is 0.250. The Hall–Kier alpha value is -2.56. The molecule has 0 radical (unpaired) electrons. The number of anilines is 1. The van der Waals surface area contributed by atoms with Crippen molar-refractivity contribution in [2.45, 2.75) is 26.3 Å². The van der Waals surface area contributed by atoms with Gasteiger partial charge in [0.25, 0.3) is 11.8 Å². The molecule has 2 rings (SSSR count). The van der Waals surface area contributed by atoms with E-state index in [1.165, 1.54) is 12.5 Å². The molecule has 2 N–H and O–H groups in total. The molecule has 2 amide bonds. The summed E-state index contributed by atoms with van der Waals surface area (Å²) in [6.45, 7) is 3.93. The molecule has 1 aromatic carbocycles. The number of hydrogen-bond acceptors (Lipinski definition) is 3. The van der Waals surface area contributed by atoms with Gasteiger partial charge in [-0.25, -0.2) is 0 Å². The molecule has 0 aliphatic rings. The molecule has 0 saturated heterocycles. The normalized spacial score (nSPS) is 11.7. The summed E-state index contributed by atoms with van der Waals surface area (Å²) in [5.41, 5.74) is 1.33. The Labute approximate surface area is 123 Å². The van der Waals surface area contributed by atoms with Gasteiger partial charge in [-0.15, -0.1) is 0 Å². The SMILES string of the molecule is CCC(C)NC(=O)c1ccccc1NC(=O)c1ccoc1. The Morgan fingerprint density at radius 1 is 1.19 bits per heavy atom. The number of amides is 2. The summed E-state index contributed by atoms with van der Waals surface area (Å²) in [6, 6.07) is 8.56. The van der Waals surface area contributed by atoms with Gasteiger partial charge in [0, 0.05) is 6.04 Å². The van der Waals surface area contributed by atoms with Crippen LogP contribution < -0.4 is 10.6 Å². The second-order valence-electron chi connectivity index (χ2n) is 4.79. The van der Waals surface area contributed by atoms with Gasteiger partial charge in [0.1, 0.15) is 6.26 Å². The Bertz CT molecular complexity index is 620. The molecule has 2 aromatic rings. The smallest absolute Gasteiger partial charge is 0.258 e. The lowest BCUT2D eigenvalue weighted by molar-refractivity contribution is 0.0940. The number of carbonyl (C=O) groups is 2. The molecular weight excluding hydrogens is 268 g/mol. The predicted octanol–water partition coefficient (Wildman–Crippen LogP) is 3.06. The second-order valence-corrected chi connectivity index (χ2v) is 4.79. The van der Waals surface area contributed by atoms with E-state index in [4.69, 9.17) is 4.42 Å². The highest BCUT2D eigenvalue weighted by molar-refractivity contribution is 6.08. The van der Waals surface area contributed by atoms with E-state index in [0.29, 0.717) is 16.8 Å². The van der Waals surface area contributed by atoms with Crippen LogP contribution in [-0.4, -0.2) is 17.9 Å². The molecule has 0 spiro atoms. The van der Waals surface area contributed by atoms with Gasteiger partial charge in [-0.3, -0.25) is 9.59 Å². The van der Waals surface area contributed by atoms with Crippen LogP contribution in [0.2, 0.25) is 0 Å². The van der Waals surface area contributed by atoms with Crippen LogP contribution in [0.1, 0.15) is 41.0 Å². The molecule has 1 heterocycles. The third-order valence-electron chi connectivity index (χ3n) is 3.19. The third-order valence-corrected chi connectivity index (χ3v) is 3.19. The average molecular weight is 286 g/mol. The first-order valence-electron chi connectivity index (χ1n) is 6.85. The van der Waals surface area contributed by atoms with Gasteiger partial charge in [0.2, 0.25) is 0 Å². The average Bonchev–Trinajstić information content (AvgIpc) is 3.01. The highest BCUT2D eigenvalue weighted by Gasteiger charge is 2.15. The molecule has 1 unspecified atom stereocenters. The molecule has 110 valence electrons. The molecule has 0 bridgehead atoms. The van der Waals surface area contributed by atoms with Gasteiger partial charge >= 0.3 is 0 Å². The largest absolute Gasteiger partial charge is 0.472 e. The van der Waals surface area contributed by atoms with E-state index in [-0.39, 0.29) is 17.9 Å². The van der Waals surface area contributed by atoms with Crippen LogP contribution in [0.15, 0.2) is 47.3 Å². The van der Waals surface area contributed by atoms with Crippen molar-refractivity contribution in [3.63, 3.8) is 0 Å². The summed E-state index contributed by atoms with van der Waals surface area (Å²) >= 11 is 0. The number of benzene rings is 1. The van der Waals surface area contributed by atoms with Crippen LogP contribution >= 0.6 is 0 Å². The number of carbonyl (C=O) groups excluding carboxylic acids is 2. The summed E-state index contributed by atoms with van der Waals surface area (Å²) in [6.07, 6.45) is 3.63. The summed E-state index contributed by atoms with van der Waals surface area (Å²) in [7, 11) is 0. The van der Waals surface area contributed by atoms with Crippen molar-refractivity contribution in [1.82, 2.24) is 5.32 Å². The predicted molar refractivity (Wildman–Crippen MR) is 80.3 cm³/mol. The van der Waals surface area contributed by atoms with Gasteiger partial charge in [-0.2, -0.15) is 0 Å². The van der Waals surface area contributed by atoms with Crippen molar-refractivity contribution in [2.75, 3.05) is 5.32 Å². The molecule has 1 aromatic heterocycles. The molecule has 5 nitrogen and oxygen atoms in total. The minimum Gasteiger partial charge on any atom is -0.472 e. The van der Waals surface area contributed by atoms with Crippen molar-refractivity contribution in [3.05, 3.63) is 54.0 Å². The van der Waals surface area contributed by atoms with Gasteiger partial charge in [-0.05, 0) is 31.5 Å². The van der Waals surface area contributed by atoms with Crippen LogP contribution in [0.5, 0.6) is 0 Å².